The third kappa shape index (κ3) is 4.09. The summed E-state index contributed by atoms with van der Waals surface area (Å²) in [5.41, 5.74) is 5.64. The van der Waals surface area contributed by atoms with Gasteiger partial charge in [-0.2, -0.15) is 0 Å². The van der Waals surface area contributed by atoms with Gasteiger partial charge in [-0.25, -0.2) is 0 Å². The molecule has 15 heavy (non-hydrogen) atoms. The number of likely N-dealkylation sites (tertiary alicyclic amines) is 1. The molecule has 2 unspecified atom stereocenters. The van der Waals surface area contributed by atoms with Crippen molar-refractivity contribution in [2.75, 3.05) is 32.7 Å². The van der Waals surface area contributed by atoms with Crippen molar-refractivity contribution in [2.45, 2.75) is 33.2 Å². The second-order valence-corrected chi connectivity index (χ2v) is 5.04. The van der Waals surface area contributed by atoms with Crippen LogP contribution in [0, 0.1) is 11.8 Å². The van der Waals surface area contributed by atoms with Gasteiger partial charge in [-0.15, -0.1) is 0 Å². The number of piperidine rings is 1. The first-order chi connectivity index (χ1) is 7.17. The number of hydrogen-bond acceptors (Lipinski definition) is 3. The topological polar surface area (TPSA) is 41.3 Å². The van der Waals surface area contributed by atoms with Crippen molar-refractivity contribution in [1.82, 2.24) is 10.2 Å². The Hall–Kier alpha value is -0.120. The molecule has 0 aromatic heterocycles. The molecule has 3 heteroatoms. The van der Waals surface area contributed by atoms with Crippen molar-refractivity contribution in [2.24, 2.45) is 17.6 Å². The largest absolute Gasteiger partial charge is 0.329 e. The van der Waals surface area contributed by atoms with Crippen LogP contribution in [-0.4, -0.2) is 43.7 Å². The lowest BCUT2D eigenvalue weighted by Gasteiger charge is -2.39. The van der Waals surface area contributed by atoms with E-state index in [1.165, 1.54) is 19.5 Å². The van der Waals surface area contributed by atoms with E-state index in [-0.39, 0.29) is 0 Å². The van der Waals surface area contributed by atoms with E-state index in [9.17, 15) is 0 Å². The van der Waals surface area contributed by atoms with Crippen LogP contribution in [0.1, 0.15) is 27.2 Å². The number of likely N-dealkylation sites (N-methyl/N-ethyl adjacent to an activating group) is 1. The molecule has 1 heterocycles. The number of nitrogens with zero attached hydrogens (tertiary/aromatic N) is 1. The Morgan fingerprint density at radius 1 is 1.40 bits per heavy atom. The van der Waals surface area contributed by atoms with E-state index in [4.69, 9.17) is 5.73 Å². The highest BCUT2D eigenvalue weighted by Gasteiger charge is 2.27. The van der Waals surface area contributed by atoms with Crippen LogP contribution in [0.5, 0.6) is 0 Å². The van der Waals surface area contributed by atoms with Crippen LogP contribution in [0.15, 0.2) is 0 Å². The van der Waals surface area contributed by atoms with Crippen LogP contribution in [0.4, 0.5) is 0 Å². The van der Waals surface area contributed by atoms with Gasteiger partial charge < -0.3 is 16.0 Å². The molecule has 1 fully saturated rings. The molecule has 0 aliphatic carbocycles. The highest BCUT2D eigenvalue weighted by Crippen LogP contribution is 2.23. The minimum Gasteiger partial charge on any atom is -0.329 e. The van der Waals surface area contributed by atoms with Gasteiger partial charge in [0.1, 0.15) is 0 Å². The Kier molecular flexibility index (Phi) is 5.58. The van der Waals surface area contributed by atoms with Crippen LogP contribution >= 0.6 is 0 Å². The van der Waals surface area contributed by atoms with Crippen LogP contribution in [0.2, 0.25) is 0 Å². The molecule has 1 saturated heterocycles. The van der Waals surface area contributed by atoms with Gasteiger partial charge in [-0.1, -0.05) is 20.8 Å². The molecule has 1 rings (SSSR count). The van der Waals surface area contributed by atoms with Crippen molar-refractivity contribution in [3.05, 3.63) is 0 Å². The molecule has 0 bridgehead atoms. The summed E-state index contributed by atoms with van der Waals surface area (Å²) in [5, 5.41) is 3.58. The summed E-state index contributed by atoms with van der Waals surface area (Å²) in [6.07, 6.45) is 1.33. The molecule has 0 saturated carbocycles. The normalized spacial score (nSPS) is 28.6. The molecule has 3 nitrogen and oxygen atoms in total. The van der Waals surface area contributed by atoms with Gasteiger partial charge in [0.2, 0.25) is 0 Å². The van der Waals surface area contributed by atoms with Crippen LogP contribution in [0.3, 0.4) is 0 Å². The number of hydrogen-bond donors (Lipinski definition) is 2. The Morgan fingerprint density at radius 2 is 2.13 bits per heavy atom. The van der Waals surface area contributed by atoms with Crippen molar-refractivity contribution >= 4 is 0 Å². The maximum Gasteiger partial charge on any atom is 0.0198 e. The Balaban J connectivity index is 2.48. The molecule has 1 aliphatic heterocycles. The fourth-order valence-electron chi connectivity index (χ4n) is 2.52. The van der Waals surface area contributed by atoms with E-state index in [1.54, 1.807) is 0 Å². The van der Waals surface area contributed by atoms with Gasteiger partial charge in [0.05, 0.1) is 0 Å². The maximum atomic E-state index is 5.64. The van der Waals surface area contributed by atoms with E-state index in [1.807, 2.05) is 0 Å². The zero-order chi connectivity index (χ0) is 11.3. The third-order valence-corrected chi connectivity index (χ3v) is 3.44. The summed E-state index contributed by atoms with van der Waals surface area (Å²) >= 11 is 0. The number of nitrogens with two attached hydrogens (primary N) is 1. The summed E-state index contributed by atoms with van der Waals surface area (Å²) < 4.78 is 0. The minimum atomic E-state index is 0.669. The van der Waals surface area contributed by atoms with E-state index < -0.39 is 0 Å². The van der Waals surface area contributed by atoms with Crippen molar-refractivity contribution < 1.29 is 0 Å². The minimum absolute atomic E-state index is 0.669. The first-order valence-corrected chi connectivity index (χ1v) is 6.33. The van der Waals surface area contributed by atoms with Crippen LogP contribution < -0.4 is 11.1 Å². The zero-order valence-electron chi connectivity index (χ0n) is 10.5. The molecule has 0 spiro atoms. The first kappa shape index (κ1) is 12.9. The molecular formula is C12H27N3. The lowest BCUT2D eigenvalue weighted by molar-refractivity contribution is 0.119. The summed E-state index contributed by atoms with van der Waals surface area (Å²) in [6.45, 7) is 12.2. The molecule has 0 radical (unpaired) electrons. The quantitative estimate of drug-likeness (QED) is 0.713. The Labute approximate surface area is 94.4 Å². The Morgan fingerprint density at radius 3 is 2.67 bits per heavy atom. The Bertz CT molecular complexity index is 156. The van der Waals surface area contributed by atoms with E-state index in [2.05, 4.69) is 31.0 Å². The standard InChI is InChI=1S/C12H27N3/c1-4-14-12-7-11(10(2)3)8-15(9-12)6-5-13/h10-12,14H,4-9,13H2,1-3H3. The molecular weight excluding hydrogens is 186 g/mol. The van der Waals surface area contributed by atoms with Gasteiger partial charge in [0.25, 0.3) is 0 Å². The summed E-state index contributed by atoms with van der Waals surface area (Å²) in [7, 11) is 0. The first-order valence-electron chi connectivity index (χ1n) is 6.33. The maximum absolute atomic E-state index is 5.64. The molecule has 90 valence electrons. The predicted octanol–water partition coefficient (Wildman–Crippen LogP) is 0.901. The zero-order valence-corrected chi connectivity index (χ0v) is 10.5. The SMILES string of the molecule is CCNC1CC(C(C)C)CN(CCN)C1. The second-order valence-electron chi connectivity index (χ2n) is 5.04. The van der Waals surface area contributed by atoms with Gasteiger partial charge >= 0.3 is 0 Å². The molecule has 0 aromatic rings. The monoisotopic (exact) mass is 213 g/mol. The average Bonchev–Trinajstić information content (AvgIpc) is 2.18. The van der Waals surface area contributed by atoms with E-state index in [0.29, 0.717) is 6.04 Å². The smallest absolute Gasteiger partial charge is 0.0198 e. The van der Waals surface area contributed by atoms with Gasteiger partial charge in [0, 0.05) is 32.2 Å². The summed E-state index contributed by atoms with van der Waals surface area (Å²) in [6, 6.07) is 0.669. The lowest BCUT2D eigenvalue weighted by Crippen LogP contribution is -2.51. The number of nitrogens with one attached hydrogen (secondary N) is 1. The van der Waals surface area contributed by atoms with Crippen LogP contribution in [0.25, 0.3) is 0 Å². The highest BCUT2D eigenvalue weighted by atomic mass is 15.2. The predicted molar refractivity (Wildman–Crippen MR) is 65.9 cm³/mol. The fraction of sp³-hybridized carbons (Fsp3) is 1.00. The van der Waals surface area contributed by atoms with Crippen molar-refractivity contribution in [1.29, 1.82) is 0 Å². The van der Waals surface area contributed by atoms with Gasteiger partial charge in [-0.05, 0) is 24.8 Å². The molecule has 2 atom stereocenters. The second kappa shape index (κ2) is 6.46. The van der Waals surface area contributed by atoms with Gasteiger partial charge in [0.15, 0.2) is 0 Å². The molecule has 0 amide bonds. The van der Waals surface area contributed by atoms with Crippen LogP contribution in [-0.2, 0) is 0 Å². The molecule has 0 aromatic carbocycles. The molecule has 3 N–H and O–H groups in total. The lowest BCUT2D eigenvalue weighted by atomic mass is 9.85. The van der Waals surface area contributed by atoms with Gasteiger partial charge in [-0.3, -0.25) is 0 Å². The van der Waals surface area contributed by atoms with Crippen molar-refractivity contribution in [3.8, 4) is 0 Å². The molecule has 1 aliphatic rings. The van der Waals surface area contributed by atoms with Crippen molar-refractivity contribution in [3.63, 3.8) is 0 Å². The number of rotatable bonds is 5. The van der Waals surface area contributed by atoms with E-state index in [0.717, 1.165) is 31.5 Å². The summed E-state index contributed by atoms with van der Waals surface area (Å²) in [4.78, 5) is 2.52. The summed E-state index contributed by atoms with van der Waals surface area (Å²) in [5.74, 6) is 1.61. The highest BCUT2D eigenvalue weighted by molar-refractivity contribution is 4.84. The third-order valence-electron chi connectivity index (χ3n) is 3.44. The average molecular weight is 213 g/mol. The van der Waals surface area contributed by atoms with E-state index >= 15 is 0 Å². The fourth-order valence-corrected chi connectivity index (χ4v) is 2.52.